The lowest BCUT2D eigenvalue weighted by atomic mass is 9.96. The van der Waals surface area contributed by atoms with E-state index in [9.17, 15) is 4.39 Å². The van der Waals surface area contributed by atoms with Gasteiger partial charge in [-0.15, -0.1) is 0 Å². The first-order chi connectivity index (χ1) is 6.68. The largest absolute Gasteiger partial charge is 0.304 e. The van der Waals surface area contributed by atoms with E-state index in [2.05, 4.69) is 20.8 Å². The Morgan fingerprint density at radius 2 is 2.21 bits per heavy atom. The molecule has 0 radical (unpaired) electrons. The molecule has 76 valence electrons. The minimum atomic E-state index is -0.178. The molecule has 1 aromatic carbocycles. The van der Waals surface area contributed by atoms with E-state index in [0.717, 1.165) is 17.3 Å². The Kier molecular flexibility index (Phi) is 2.60. The van der Waals surface area contributed by atoms with Gasteiger partial charge in [0.2, 0.25) is 0 Å². The predicted molar refractivity (Wildman–Crippen MR) is 55.2 cm³/mol. The average Bonchev–Trinajstić information content (AvgIpc) is 2.91. The molecule has 2 rings (SSSR count). The van der Waals surface area contributed by atoms with Crippen LogP contribution < -0.4 is 5.90 Å². The molecular formula is C10H11BrFNO. The van der Waals surface area contributed by atoms with Crippen LogP contribution in [0.4, 0.5) is 4.39 Å². The minimum absolute atomic E-state index is 0.178. The average molecular weight is 260 g/mol. The number of benzene rings is 1. The standard InChI is InChI=1S/C10H11BrFNO/c11-7-1-2-9(12)8(5-7)10(3-4-10)6-14-13/h1-2,5H,3-4,6,13H2. The van der Waals surface area contributed by atoms with E-state index >= 15 is 0 Å². The molecule has 0 aliphatic heterocycles. The van der Waals surface area contributed by atoms with Gasteiger partial charge in [0.05, 0.1) is 6.61 Å². The topological polar surface area (TPSA) is 35.2 Å². The van der Waals surface area contributed by atoms with Crippen molar-refractivity contribution in [1.29, 1.82) is 0 Å². The first-order valence-electron chi connectivity index (χ1n) is 4.45. The molecule has 1 aliphatic rings. The fraction of sp³-hybridized carbons (Fsp3) is 0.400. The maximum absolute atomic E-state index is 13.5. The highest BCUT2D eigenvalue weighted by Crippen LogP contribution is 2.49. The highest BCUT2D eigenvalue weighted by molar-refractivity contribution is 9.10. The molecule has 0 amide bonds. The third-order valence-electron chi connectivity index (χ3n) is 2.71. The van der Waals surface area contributed by atoms with Crippen molar-refractivity contribution in [3.63, 3.8) is 0 Å². The molecule has 1 saturated carbocycles. The summed E-state index contributed by atoms with van der Waals surface area (Å²) in [6.07, 6.45) is 1.88. The molecular weight excluding hydrogens is 249 g/mol. The summed E-state index contributed by atoms with van der Waals surface area (Å²) >= 11 is 3.33. The number of rotatable bonds is 3. The fourth-order valence-electron chi connectivity index (χ4n) is 1.71. The van der Waals surface area contributed by atoms with Gasteiger partial charge in [-0.25, -0.2) is 10.3 Å². The quantitative estimate of drug-likeness (QED) is 0.847. The lowest BCUT2D eigenvalue weighted by molar-refractivity contribution is 0.115. The summed E-state index contributed by atoms with van der Waals surface area (Å²) in [5.41, 5.74) is 0.528. The van der Waals surface area contributed by atoms with Crippen molar-refractivity contribution < 1.29 is 9.23 Å². The van der Waals surface area contributed by atoms with Gasteiger partial charge in [0, 0.05) is 9.89 Å². The molecule has 2 N–H and O–H groups in total. The normalized spacial score (nSPS) is 18.2. The zero-order valence-corrected chi connectivity index (χ0v) is 9.18. The van der Waals surface area contributed by atoms with Gasteiger partial charge in [-0.3, -0.25) is 0 Å². The molecule has 1 aliphatic carbocycles. The second-order valence-electron chi connectivity index (χ2n) is 3.72. The molecule has 1 fully saturated rings. The lowest BCUT2D eigenvalue weighted by Gasteiger charge is -2.14. The van der Waals surface area contributed by atoms with Crippen LogP contribution in [-0.4, -0.2) is 6.61 Å². The van der Waals surface area contributed by atoms with Crippen molar-refractivity contribution in [3.8, 4) is 0 Å². The molecule has 0 unspecified atom stereocenters. The summed E-state index contributed by atoms with van der Waals surface area (Å²) in [7, 11) is 0. The molecule has 0 heterocycles. The van der Waals surface area contributed by atoms with E-state index in [4.69, 9.17) is 5.90 Å². The van der Waals surface area contributed by atoms with Crippen molar-refractivity contribution in [2.45, 2.75) is 18.3 Å². The van der Waals surface area contributed by atoms with Gasteiger partial charge in [-0.2, -0.15) is 0 Å². The molecule has 4 heteroatoms. The Balaban J connectivity index is 2.35. The van der Waals surface area contributed by atoms with Gasteiger partial charge in [-0.1, -0.05) is 15.9 Å². The monoisotopic (exact) mass is 259 g/mol. The van der Waals surface area contributed by atoms with Crippen LogP contribution in [0.3, 0.4) is 0 Å². The van der Waals surface area contributed by atoms with Crippen molar-refractivity contribution in [3.05, 3.63) is 34.1 Å². The summed E-state index contributed by atoms with van der Waals surface area (Å²) in [4.78, 5) is 4.64. The van der Waals surface area contributed by atoms with Crippen molar-refractivity contribution in [2.24, 2.45) is 5.90 Å². The van der Waals surface area contributed by atoms with Crippen LogP contribution in [0.15, 0.2) is 22.7 Å². The number of hydrogen-bond donors (Lipinski definition) is 1. The van der Waals surface area contributed by atoms with Crippen molar-refractivity contribution in [2.75, 3.05) is 6.61 Å². The van der Waals surface area contributed by atoms with Gasteiger partial charge < -0.3 is 4.84 Å². The number of hydrogen-bond acceptors (Lipinski definition) is 2. The van der Waals surface area contributed by atoms with Crippen LogP contribution >= 0.6 is 15.9 Å². The molecule has 2 nitrogen and oxygen atoms in total. The summed E-state index contributed by atoms with van der Waals surface area (Å²) in [6, 6.07) is 4.97. The summed E-state index contributed by atoms with van der Waals surface area (Å²) < 4.78 is 14.4. The Labute approximate surface area is 90.3 Å². The highest BCUT2D eigenvalue weighted by atomic mass is 79.9. The summed E-state index contributed by atoms with van der Waals surface area (Å²) in [5.74, 6) is 4.87. The maximum Gasteiger partial charge on any atom is 0.127 e. The van der Waals surface area contributed by atoms with Crippen LogP contribution in [0.25, 0.3) is 0 Å². The molecule has 0 saturated heterocycles. The summed E-state index contributed by atoms with van der Waals surface area (Å²) in [6.45, 7) is 0.389. The SMILES string of the molecule is NOCC1(c2cc(Br)ccc2F)CC1. The van der Waals surface area contributed by atoms with E-state index in [1.165, 1.54) is 6.07 Å². The van der Waals surface area contributed by atoms with Gasteiger partial charge in [0.25, 0.3) is 0 Å². The van der Waals surface area contributed by atoms with Crippen LogP contribution in [0.5, 0.6) is 0 Å². The molecule has 1 aromatic rings. The Bertz CT molecular complexity index is 352. The molecule has 0 bridgehead atoms. The van der Waals surface area contributed by atoms with E-state index in [1.54, 1.807) is 12.1 Å². The van der Waals surface area contributed by atoms with Gasteiger partial charge in [0.15, 0.2) is 0 Å². The maximum atomic E-state index is 13.5. The van der Waals surface area contributed by atoms with E-state index < -0.39 is 0 Å². The fourth-order valence-corrected chi connectivity index (χ4v) is 2.07. The Morgan fingerprint density at radius 3 is 2.79 bits per heavy atom. The van der Waals surface area contributed by atoms with Crippen LogP contribution in [-0.2, 0) is 10.3 Å². The highest BCUT2D eigenvalue weighted by Gasteiger charge is 2.46. The van der Waals surface area contributed by atoms with Crippen molar-refractivity contribution >= 4 is 15.9 Å². The van der Waals surface area contributed by atoms with Crippen LogP contribution in [0.1, 0.15) is 18.4 Å². The second kappa shape index (κ2) is 3.61. The summed E-state index contributed by atoms with van der Waals surface area (Å²) in [5, 5.41) is 0. The number of nitrogens with two attached hydrogens (primary N) is 1. The molecule has 0 aromatic heterocycles. The smallest absolute Gasteiger partial charge is 0.127 e. The molecule has 0 atom stereocenters. The lowest BCUT2D eigenvalue weighted by Crippen LogP contribution is -2.19. The van der Waals surface area contributed by atoms with Gasteiger partial charge >= 0.3 is 0 Å². The third kappa shape index (κ3) is 1.69. The van der Waals surface area contributed by atoms with E-state index in [1.807, 2.05) is 0 Å². The second-order valence-corrected chi connectivity index (χ2v) is 4.63. The Morgan fingerprint density at radius 1 is 1.50 bits per heavy atom. The number of halogens is 2. The zero-order chi connectivity index (χ0) is 10.2. The van der Waals surface area contributed by atoms with Crippen molar-refractivity contribution in [1.82, 2.24) is 0 Å². The molecule has 0 spiro atoms. The van der Waals surface area contributed by atoms with Gasteiger partial charge in [0.1, 0.15) is 5.82 Å². The van der Waals surface area contributed by atoms with Gasteiger partial charge in [-0.05, 0) is 36.6 Å². The Hall–Kier alpha value is -0.450. The first kappa shape index (κ1) is 10.1. The molecule has 14 heavy (non-hydrogen) atoms. The minimum Gasteiger partial charge on any atom is -0.304 e. The van der Waals surface area contributed by atoms with E-state index in [0.29, 0.717) is 12.2 Å². The van der Waals surface area contributed by atoms with Crippen LogP contribution in [0, 0.1) is 5.82 Å². The third-order valence-corrected chi connectivity index (χ3v) is 3.21. The van der Waals surface area contributed by atoms with Crippen LogP contribution in [0.2, 0.25) is 0 Å². The first-order valence-corrected chi connectivity index (χ1v) is 5.24. The zero-order valence-electron chi connectivity index (χ0n) is 7.59. The predicted octanol–water partition coefficient (Wildman–Crippen LogP) is 2.51. The van der Waals surface area contributed by atoms with E-state index in [-0.39, 0.29) is 11.2 Å².